The zero-order valence-electron chi connectivity index (χ0n) is 11.9. The molecule has 1 fully saturated rings. The van der Waals surface area contributed by atoms with Gasteiger partial charge in [-0.05, 0) is 18.8 Å². The molecule has 2 rings (SSSR count). The molecule has 0 unspecified atom stereocenters. The van der Waals surface area contributed by atoms with Crippen LogP contribution in [0.1, 0.15) is 45.4 Å². The van der Waals surface area contributed by atoms with Gasteiger partial charge in [0.25, 0.3) is 0 Å². The minimum absolute atomic E-state index is 0.119. The average Bonchev–Trinajstić information content (AvgIpc) is 2.37. The first-order chi connectivity index (χ1) is 9.52. The zero-order chi connectivity index (χ0) is 14.5. The van der Waals surface area contributed by atoms with Crippen molar-refractivity contribution in [3.63, 3.8) is 0 Å². The molecule has 0 saturated heterocycles. The Morgan fingerprint density at radius 1 is 1.35 bits per heavy atom. The lowest BCUT2D eigenvalue weighted by Crippen LogP contribution is -2.85. The first-order valence-electron chi connectivity index (χ1n) is 7.27. The number of aliphatic hydroxyl groups is 1. The van der Waals surface area contributed by atoms with Crippen molar-refractivity contribution in [1.82, 2.24) is 5.32 Å². The molecule has 0 atom stereocenters. The van der Waals surface area contributed by atoms with E-state index in [4.69, 9.17) is 0 Å². The van der Waals surface area contributed by atoms with E-state index in [0.29, 0.717) is 11.6 Å². The Labute approximate surface area is 118 Å². The number of rotatable bonds is 4. The minimum Gasteiger partial charge on any atom is -0.463 e. The summed E-state index contributed by atoms with van der Waals surface area (Å²) in [6.45, 7) is 3.03. The molecule has 1 saturated carbocycles. The van der Waals surface area contributed by atoms with Crippen molar-refractivity contribution in [3.8, 4) is 0 Å². The summed E-state index contributed by atoms with van der Waals surface area (Å²) < 4.78 is 0. The summed E-state index contributed by atoms with van der Waals surface area (Å²) in [5.41, 5.74) is 0.529. The van der Waals surface area contributed by atoms with Crippen LogP contribution in [-0.4, -0.2) is 35.2 Å². The van der Waals surface area contributed by atoms with E-state index in [2.05, 4.69) is 22.2 Å². The molecule has 6 heteroatoms. The number of nitrogens with one attached hydrogen (secondary N) is 3. The number of imide groups is 1. The maximum atomic E-state index is 11.2. The molecule has 0 bridgehead atoms. The van der Waals surface area contributed by atoms with E-state index in [-0.39, 0.29) is 24.6 Å². The number of aliphatic hydroxyl groups excluding tert-OH is 1. The van der Waals surface area contributed by atoms with Crippen molar-refractivity contribution in [2.45, 2.75) is 45.4 Å². The van der Waals surface area contributed by atoms with Crippen LogP contribution in [0.5, 0.6) is 0 Å². The Bertz CT molecular complexity index is 449. The minimum atomic E-state index is -0.523. The molecule has 0 spiro atoms. The molecule has 6 nitrogen and oxygen atoms in total. The van der Waals surface area contributed by atoms with Crippen molar-refractivity contribution in [2.24, 2.45) is 11.8 Å². The third-order valence-electron chi connectivity index (χ3n) is 4.03. The van der Waals surface area contributed by atoms with E-state index in [1.807, 2.05) is 0 Å². The number of hydrogen-bond acceptors (Lipinski definition) is 2. The summed E-state index contributed by atoms with van der Waals surface area (Å²) in [6.07, 6.45) is 5.20. The van der Waals surface area contributed by atoms with Crippen LogP contribution in [-0.2, 0) is 4.79 Å². The van der Waals surface area contributed by atoms with Crippen LogP contribution in [0.2, 0.25) is 0 Å². The van der Waals surface area contributed by atoms with Crippen molar-refractivity contribution >= 4 is 23.5 Å². The molecule has 0 aromatic heterocycles. The number of carbonyl (C=O) groups is 2. The van der Waals surface area contributed by atoms with Gasteiger partial charge >= 0.3 is 17.8 Å². The van der Waals surface area contributed by atoms with Gasteiger partial charge in [0, 0.05) is 5.92 Å². The maximum Gasteiger partial charge on any atom is 0.496 e. The first-order valence-corrected chi connectivity index (χ1v) is 7.27. The van der Waals surface area contributed by atoms with Gasteiger partial charge in [-0.2, -0.15) is 10.1 Å². The van der Waals surface area contributed by atoms with Gasteiger partial charge < -0.3 is 5.11 Å². The number of urea groups is 1. The Hall–Kier alpha value is -1.72. The Kier molecular flexibility index (Phi) is 4.87. The Balaban J connectivity index is 1.82. The van der Waals surface area contributed by atoms with Gasteiger partial charge in [-0.1, -0.05) is 19.8 Å². The molecule has 4 N–H and O–H groups in total. The molecule has 1 aliphatic heterocycles. The van der Waals surface area contributed by atoms with Gasteiger partial charge in [0.2, 0.25) is 0 Å². The van der Waals surface area contributed by atoms with E-state index >= 15 is 0 Å². The highest BCUT2D eigenvalue weighted by atomic mass is 16.3. The standard InChI is InChI=1S/C14H21N3O3/c1-9-2-4-10(5-3-9)8-15-12(18)6-11-7-13(19)17-14(20)16-11/h9-10H,2-8H2,1H3,(H,15,18)(H,17,19,20)/p+2. The SMILES string of the molecule is CC1CCC(C[NH+]=C(O)CC2=[NH+]C(=O)NC(=O)C2)CC1. The van der Waals surface area contributed by atoms with Gasteiger partial charge in [-0.3, -0.25) is 0 Å². The van der Waals surface area contributed by atoms with Crippen LogP contribution >= 0.6 is 0 Å². The first kappa shape index (κ1) is 14.7. The summed E-state index contributed by atoms with van der Waals surface area (Å²) in [4.78, 5) is 27.9. The van der Waals surface area contributed by atoms with Gasteiger partial charge in [0.15, 0.2) is 0 Å². The lowest BCUT2D eigenvalue weighted by Gasteiger charge is -2.22. The Morgan fingerprint density at radius 2 is 2.05 bits per heavy atom. The molecule has 0 radical (unpaired) electrons. The molecule has 0 aromatic rings. The van der Waals surface area contributed by atoms with Gasteiger partial charge in [-0.25, -0.2) is 14.8 Å². The highest BCUT2D eigenvalue weighted by Crippen LogP contribution is 2.26. The van der Waals surface area contributed by atoms with E-state index in [1.165, 1.54) is 25.7 Å². The largest absolute Gasteiger partial charge is 0.496 e. The predicted molar refractivity (Wildman–Crippen MR) is 73.3 cm³/mol. The fourth-order valence-electron chi connectivity index (χ4n) is 2.77. The van der Waals surface area contributed by atoms with Crippen LogP contribution in [0.3, 0.4) is 0 Å². The fourth-order valence-corrected chi connectivity index (χ4v) is 2.77. The summed E-state index contributed by atoms with van der Waals surface area (Å²) in [7, 11) is 0. The zero-order valence-corrected chi connectivity index (χ0v) is 11.9. The highest BCUT2D eigenvalue weighted by molar-refractivity contribution is 6.11. The Morgan fingerprint density at radius 3 is 2.70 bits per heavy atom. The summed E-state index contributed by atoms with van der Waals surface area (Å²) in [5.74, 6) is 1.20. The molecule has 1 aliphatic carbocycles. The molecule has 2 aliphatic rings. The maximum absolute atomic E-state index is 11.2. The van der Waals surface area contributed by atoms with Crippen LogP contribution in [0.4, 0.5) is 4.79 Å². The molecular formula is C14H23N3O3+2. The highest BCUT2D eigenvalue weighted by Gasteiger charge is 2.27. The molecule has 0 aromatic carbocycles. The van der Waals surface area contributed by atoms with E-state index in [1.54, 1.807) is 0 Å². The van der Waals surface area contributed by atoms with Gasteiger partial charge in [-0.15, -0.1) is 0 Å². The van der Waals surface area contributed by atoms with Crippen LogP contribution in [0, 0.1) is 11.8 Å². The molecule has 3 amide bonds. The molecule has 110 valence electrons. The van der Waals surface area contributed by atoms with E-state index in [9.17, 15) is 14.7 Å². The molecule has 1 heterocycles. The third-order valence-corrected chi connectivity index (χ3v) is 4.03. The second-order valence-electron chi connectivity index (χ2n) is 5.91. The van der Waals surface area contributed by atoms with Gasteiger partial charge in [0.05, 0.1) is 0 Å². The van der Waals surface area contributed by atoms with Crippen molar-refractivity contribution in [3.05, 3.63) is 0 Å². The topological polar surface area (TPSA) is 94.3 Å². The molecular weight excluding hydrogens is 258 g/mol. The lowest BCUT2D eigenvalue weighted by molar-refractivity contribution is -0.477. The third kappa shape index (κ3) is 4.43. The second kappa shape index (κ2) is 6.63. The predicted octanol–water partition coefficient (Wildman–Crippen LogP) is -1.60. The summed E-state index contributed by atoms with van der Waals surface area (Å²) in [5, 5.41) is 12.0. The van der Waals surface area contributed by atoms with Crippen LogP contribution in [0.25, 0.3) is 0 Å². The average molecular weight is 281 g/mol. The number of hydrogen-bond donors (Lipinski definition) is 4. The fraction of sp³-hybridized carbons (Fsp3) is 0.714. The van der Waals surface area contributed by atoms with Crippen LogP contribution < -0.4 is 15.3 Å². The lowest BCUT2D eigenvalue weighted by atomic mass is 9.83. The monoisotopic (exact) mass is 281 g/mol. The van der Waals surface area contributed by atoms with E-state index in [0.717, 1.165) is 12.5 Å². The van der Waals surface area contributed by atoms with Gasteiger partial charge in [0.1, 0.15) is 25.1 Å². The summed E-state index contributed by atoms with van der Waals surface area (Å²) in [6, 6.07) is -0.523. The molecule has 20 heavy (non-hydrogen) atoms. The summed E-state index contributed by atoms with van der Waals surface area (Å²) >= 11 is 0. The smallest absolute Gasteiger partial charge is 0.463 e. The van der Waals surface area contributed by atoms with Crippen molar-refractivity contribution < 1.29 is 24.7 Å². The number of amides is 3. The van der Waals surface area contributed by atoms with Crippen molar-refractivity contribution in [2.75, 3.05) is 6.54 Å². The normalized spacial score (nSPS) is 28.1. The van der Waals surface area contributed by atoms with Crippen molar-refractivity contribution in [1.29, 1.82) is 0 Å². The van der Waals surface area contributed by atoms with Crippen LogP contribution in [0.15, 0.2) is 0 Å². The second-order valence-corrected chi connectivity index (χ2v) is 5.91. The quantitative estimate of drug-likeness (QED) is 0.369. The van der Waals surface area contributed by atoms with E-state index < -0.39 is 6.03 Å². The number of carbonyl (C=O) groups excluding carboxylic acids is 2.